The Morgan fingerprint density at radius 1 is 1.40 bits per heavy atom. The highest BCUT2D eigenvalue weighted by atomic mass is 32.2. The van der Waals surface area contributed by atoms with Gasteiger partial charge in [-0.1, -0.05) is 19.1 Å². The van der Waals surface area contributed by atoms with Crippen LogP contribution in [0.1, 0.15) is 18.9 Å². The van der Waals surface area contributed by atoms with Gasteiger partial charge in [-0.15, -0.1) is 0 Å². The first-order valence-corrected chi connectivity index (χ1v) is 6.24. The van der Waals surface area contributed by atoms with Gasteiger partial charge in [0, 0.05) is 0 Å². The first-order chi connectivity index (χ1) is 7.09. The zero-order valence-corrected chi connectivity index (χ0v) is 9.21. The molecule has 0 saturated carbocycles. The minimum Gasteiger partial charge on any atom is -0.282 e. The largest absolute Gasteiger partial charge is 0.282 e. The zero-order valence-electron chi connectivity index (χ0n) is 8.40. The summed E-state index contributed by atoms with van der Waals surface area (Å²) in [5.74, 6) is 0.0623. The van der Waals surface area contributed by atoms with E-state index < -0.39 is 10.0 Å². The van der Waals surface area contributed by atoms with Crippen molar-refractivity contribution in [2.24, 2.45) is 0 Å². The van der Waals surface area contributed by atoms with Crippen LogP contribution in [-0.2, 0) is 10.0 Å². The van der Waals surface area contributed by atoms with Crippen LogP contribution in [0.5, 0.6) is 0 Å². The van der Waals surface area contributed by atoms with Crippen molar-refractivity contribution in [3.63, 3.8) is 0 Å². The number of para-hydroxylation sites is 1. The number of nitriles is 1. The molecule has 0 amide bonds. The number of hydrogen-bond acceptors (Lipinski definition) is 3. The molecule has 0 aromatic heterocycles. The van der Waals surface area contributed by atoms with E-state index in [-0.39, 0.29) is 5.75 Å². The van der Waals surface area contributed by atoms with E-state index in [2.05, 4.69) is 4.72 Å². The van der Waals surface area contributed by atoms with E-state index in [9.17, 15) is 8.42 Å². The van der Waals surface area contributed by atoms with E-state index in [1.807, 2.05) is 6.07 Å². The second-order valence-corrected chi connectivity index (χ2v) is 4.92. The Kier molecular flexibility index (Phi) is 3.69. The van der Waals surface area contributed by atoms with Crippen LogP contribution in [-0.4, -0.2) is 14.2 Å². The Hall–Kier alpha value is -1.54. The van der Waals surface area contributed by atoms with Crippen LogP contribution in [0.15, 0.2) is 24.3 Å². The van der Waals surface area contributed by atoms with E-state index >= 15 is 0 Å². The summed E-state index contributed by atoms with van der Waals surface area (Å²) in [6.07, 6.45) is 0.546. The van der Waals surface area contributed by atoms with Crippen LogP contribution >= 0.6 is 0 Å². The van der Waals surface area contributed by atoms with Crippen molar-refractivity contribution in [3.8, 4) is 6.07 Å². The predicted molar refractivity (Wildman–Crippen MR) is 58.9 cm³/mol. The molecule has 1 N–H and O–H groups in total. The van der Waals surface area contributed by atoms with Crippen molar-refractivity contribution in [3.05, 3.63) is 29.8 Å². The van der Waals surface area contributed by atoms with Gasteiger partial charge in [0.15, 0.2) is 0 Å². The average molecular weight is 224 g/mol. The topological polar surface area (TPSA) is 70.0 Å². The quantitative estimate of drug-likeness (QED) is 0.846. The van der Waals surface area contributed by atoms with Gasteiger partial charge in [0.25, 0.3) is 0 Å². The fourth-order valence-corrected chi connectivity index (χ4v) is 2.31. The minimum atomic E-state index is -3.32. The third-order valence-corrected chi connectivity index (χ3v) is 3.26. The Labute approximate surface area is 89.6 Å². The molecule has 0 saturated heterocycles. The number of benzene rings is 1. The third-order valence-electron chi connectivity index (χ3n) is 1.79. The molecule has 4 nitrogen and oxygen atoms in total. The molecule has 0 radical (unpaired) electrons. The summed E-state index contributed by atoms with van der Waals surface area (Å²) < 4.78 is 25.3. The monoisotopic (exact) mass is 224 g/mol. The van der Waals surface area contributed by atoms with E-state index in [1.165, 1.54) is 0 Å². The molecule has 0 heterocycles. The van der Waals surface area contributed by atoms with E-state index in [0.29, 0.717) is 17.7 Å². The van der Waals surface area contributed by atoms with Gasteiger partial charge in [0.1, 0.15) is 6.07 Å². The molecule has 15 heavy (non-hydrogen) atoms. The van der Waals surface area contributed by atoms with Gasteiger partial charge in [-0.3, -0.25) is 4.72 Å². The molecule has 0 fully saturated rings. The first kappa shape index (κ1) is 11.5. The molecule has 0 atom stereocenters. The second kappa shape index (κ2) is 4.80. The minimum absolute atomic E-state index is 0.0623. The fraction of sp³-hybridized carbons (Fsp3) is 0.300. The number of nitrogens with one attached hydrogen (secondary N) is 1. The molecule has 1 rings (SSSR count). The van der Waals surface area contributed by atoms with E-state index in [0.717, 1.165) is 0 Å². The molecule has 0 bridgehead atoms. The lowest BCUT2D eigenvalue weighted by molar-refractivity contribution is 0.600. The van der Waals surface area contributed by atoms with Crippen molar-refractivity contribution in [2.45, 2.75) is 13.3 Å². The van der Waals surface area contributed by atoms with Gasteiger partial charge in [-0.25, -0.2) is 8.42 Å². The van der Waals surface area contributed by atoms with Gasteiger partial charge in [-0.2, -0.15) is 5.26 Å². The number of rotatable bonds is 4. The third kappa shape index (κ3) is 3.26. The number of anilines is 1. The summed E-state index contributed by atoms with van der Waals surface area (Å²) in [6.45, 7) is 1.79. The molecule has 1 aromatic carbocycles. The molecule has 5 heteroatoms. The van der Waals surface area contributed by atoms with Gasteiger partial charge in [0.05, 0.1) is 17.0 Å². The fourth-order valence-electron chi connectivity index (χ4n) is 1.16. The van der Waals surface area contributed by atoms with Crippen LogP contribution in [0.4, 0.5) is 5.69 Å². The zero-order chi connectivity index (χ0) is 11.3. The number of sulfonamides is 1. The summed E-state index contributed by atoms with van der Waals surface area (Å²) >= 11 is 0. The standard InChI is InChI=1S/C10H12N2O2S/c1-2-7-15(13,14)12-10-6-4-3-5-9(10)8-11/h3-6,12H,2,7H2,1H3. The highest BCUT2D eigenvalue weighted by molar-refractivity contribution is 7.92. The van der Waals surface area contributed by atoms with Crippen LogP contribution in [0.3, 0.4) is 0 Å². The summed E-state index contributed by atoms with van der Waals surface area (Å²) in [5.41, 5.74) is 0.672. The lowest BCUT2D eigenvalue weighted by atomic mass is 10.2. The van der Waals surface area contributed by atoms with Gasteiger partial charge in [-0.05, 0) is 18.6 Å². The molecule has 0 unspecified atom stereocenters. The van der Waals surface area contributed by atoms with Crippen molar-refractivity contribution in [1.82, 2.24) is 0 Å². The van der Waals surface area contributed by atoms with Crippen LogP contribution in [0.2, 0.25) is 0 Å². The molecule has 1 aromatic rings. The maximum Gasteiger partial charge on any atom is 0.232 e. The Morgan fingerprint density at radius 2 is 2.07 bits per heavy atom. The van der Waals surface area contributed by atoms with Crippen molar-refractivity contribution < 1.29 is 8.42 Å². The highest BCUT2D eigenvalue weighted by Crippen LogP contribution is 2.15. The predicted octanol–water partition coefficient (Wildman–Crippen LogP) is 1.71. The van der Waals surface area contributed by atoms with Crippen LogP contribution < -0.4 is 4.72 Å². The Bertz CT molecular complexity index is 474. The Morgan fingerprint density at radius 3 is 2.67 bits per heavy atom. The summed E-state index contributed by atoms with van der Waals surface area (Å²) in [6, 6.07) is 8.46. The average Bonchev–Trinajstić information content (AvgIpc) is 2.17. The van der Waals surface area contributed by atoms with Gasteiger partial charge in [0.2, 0.25) is 10.0 Å². The number of nitrogens with zero attached hydrogens (tertiary/aromatic N) is 1. The number of hydrogen-bond donors (Lipinski definition) is 1. The summed E-state index contributed by atoms with van der Waals surface area (Å²) in [4.78, 5) is 0. The Balaban J connectivity index is 2.96. The maximum absolute atomic E-state index is 11.4. The van der Waals surface area contributed by atoms with Gasteiger partial charge >= 0.3 is 0 Å². The molecular weight excluding hydrogens is 212 g/mol. The summed E-state index contributed by atoms with van der Waals surface area (Å²) in [7, 11) is -3.32. The second-order valence-electron chi connectivity index (χ2n) is 3.08. The lowest BCUT2D eigenvalue weighted by Gasteiger charge is -2.07. The van der Waals surface area contributed by atoms with Crippen molar-refractivity contribution >= 4 is 15.7 Å². The molecule has 0 aliphatic heterocycles. The smallest absolute Gasteiger partial charge is 0.232 e. The van der Waals surface area contributed by atoms with Crippen molar-refractivity contribution in [1.29, 1.82) is 5.26 Å². The highest BCUT2D eigenvalue weighted by Gasteiger charge is 2.10. The lowest BCUT2D eigenvalue weighted by Crippen LogP contribution is -2.16. The molecular formula is C10H12N2O2S. The maximum atomic E-state index is 11.4. The summed E-state index contributed by atoms with van der Waals surface area (Å²) in [5, 5.41) is 8.76. The molecule has 80 valence electrons. The first-order valence-electron chi connectivity index (χ1n) is 4.58. The molecule has 0 aliphatic rings. The van der Waals surface area contributed by atoms with Crippen LogP contribution in [0.25, 0.3) is 0 Å². The van der Waals surface area contributed by atoms with Crippen molar-refractivity contribution in [2.75, 3.05) is 10.5 Å². The SMILES string of the molecule is CCCS(=O)(=O)Nc1ccccc1C#N. The van der Waals surface area contributed by atoms with Crippen LogP contribution in [0, 0.1) is 11.3 Å². The van der Waals surface area contributed by atoms with Gasteiger partial charge < -0.3 is 0 Å². The normalized spacial score (nSPS) is 10.7. The molecule has 0 aliphatic carbocycles. The van der Waals surface area contributed by atoms with E-state index in [4.69, 9.17) is 5.26 Å². The molecule has 0 spiro atoms. The van der Waals surface area contributed by atoms with E-state index in [1.54, 1.807) is 31.2 Å².